The largest absolute Gasteiger partial charge is 0.343 e. The van der Waals surface area contributed by atoms with Gasteiger partial charge in [0, 0.05) is 18.6 Å². The molecule has 0 aliphatic carbocycles. The lowest BCUT2D eigenvalue weighted by Crippen LogP contribution is -2.47. The minimum atomic E-state index is -3.06. The predicted molar refractivity (Wildman–Crippen MR) is 97.5 cm³/mol. The summed E-state index contributed by atoms with van der Waals surface area (Å²) >= 11 is 1.21. The van der Waals surface area contributed by atoms with Gasteiger partial charge in [0.15, 0.2) is 15.0 Å². The van der Waals surface area contributed by atoms with Crippen molar-refractivity contribution >= 4 is 27.5 Å². The number of hydrogen-bond acceptors (Lipinski definition) is 6. The molecule has 1 saturated heterocycles. The molecule has 0 radical (unpaired) electrons. The van der Waals surface area contributed by atoms with Crippen molar-refractivity contribution in [1.29, 1.82) is 0 Å². The maximum atomic E-state index is 12.8. The summed E-state index contributed by atoms with van der Waals surface area (Å²) in [7, 11) is -3.06. The quantitative estimate of drug-likeness (QED) is 0.661. The Morgan fingerprint density at radius 3 is 2.76 bits per heavy atom. The van der Waals surface area contributed by atoms with Crippen LogP contribution in [0.2, 0.25) is 0 Å². The molecular formula is C15H26N4O4S2. The van der Waals surface area contributed by atoms with Crippen molar-refractivity contribution in [2.75, 3.05) is 17.3 Å². The molecule has 1 amide bonds. The third-order valence-electron chi connectivity index (χ3n) is 4.45. The predicted octanol–water partition coefficient (Wildman–Crippen LogP) is 0.888. The van der Waals surface area contributed by atoms with E-state index in [1.807, 2.05) is 20.8 Å². The van der Waals surface area contributed by atoms with Crippen molar-refractivity contribution in [3.63, 3.8) is 0 Å². The summed E-state index contributed by atoms with van der Waals surface area (Å²) in [6, 6.07) is -0.284. The van der Waals surface area contributed by atoms with E-state index in [9.17, 15) is 18.0 Å². The second-order valence-corrected chi connectivity index (χ2v) is 9.54. The minimum absolute atomic E-state index is 0.0246. The summed E-state index contributed by atoms with van der Waals surface area (Å²) < 4.78 is 25.1. The highest BCUT2D eigenvalue weighted by Gasteiger charge is 2.36. The molecule has 1 aromatic heterocycles. The van der Waals surface area contributed by atoms with Gasteiger partial charge in [0.25, 0.3) is 0 Å². The Morgan fingerprint density at radius 2 is 2.20 bits per heavy atom. The number of sulfone groups is 1. The van der Waals surface area contributed by atoms with Crippen LogP contribution in [0, 0.1) is 0 Å². The third kappa shape index (κ3) is 4.87. The zero-order valence-electron chi connectivity index (χ0n) is 14.9. The highest BCUT2D eigenvalue weighted by atomic mass is 32.2. The molecule has 0 bridgehead atoms. The molecule has 1 aromatic rings. The van der Waals surface area contributed by atoms with E-state index in [1.165, 1.54) is 16.3 Å². The van der Waals surface area contributed by atoms with Crippen LogP contribution in [0.3, 0.4) is 0 Å². The van der Waals surface area contributed by atoms with Crippen LogP contribution in [-0.2, 0) is 21.2 Å². The van der Waals surface area contributed by atoms with Crippen LogP contribution in [0.4, 0.5) is 0 Å². The molecule has 1 aliphatic heterocycles. The van der Waals surface area contributed by atoms with Gasteiger partial charge in [0.05, 0.1) is 17.3 Å². The summed E-state index contributed by atoms with van der Waals surface area (Å²) in [5, 5.41) is 6.87. The molecule has 2 atom stereocenters. The molecule has 8 nitrogen and oxygen atoms in total. The van der Waals surface area contributed by atoms with Gasteiger partial charge < -0.3 is 4.90 Å². The van der Waals surface area contributed by atoms with Crippen LogP contribution in [0.1, 0.15) is 40.0 Å². The van der Waals surface area contributed by atoms with E-state index in [2.05, 4.69) is 10.2 Å². The first-order chi connectivity index (χ1) is 11.8. The average Bonchev–Trinajstić information content (AvgIpc) is 3.09. The summed E-state index contributed by atoms with van der Waals surface area (Å²) in [6.07, 6.45) is 2.04. The van der Waals surface area contributed by atoms with E-state index in [4.69, 9.17) is 0 Å². The molecule has 1 aliphatic rings. The number of carbonyl (C=O) groups excluding carboxylic acids is 1. The van der Waals surface area contributed by atoms with Gasteiger partial charge in [-0.15, -0.1) is 5.10 Å². The number of amides is 1. The van der Waals surface area contributed by atoms with Gasteiger partial charge in [-0.1, -0.05) is 25.6 Å². The fraction of sp³-hybridized carbons (Fsp3) is 0.800. The molecule has 0 unspecified atom stereocenters. The van der Waals surface area contributed by atoms with Crippen LogP contribution in [0.5, 0.6) is 0 Å². The number of carbonyl (C=O) groups is 1. The lowest BCUT2D eigenvalue weighted by molar-refractivity contribution is -0.132. The first-order valence-corrected chi connectivity index (χ1v) is 11.4. The Kier molecular flexibility index (Phi) is 6.72. The van der Waals surface area contributed by atoms with Gasteiger partial charge >= 0.3 is 5.69 Å². The van der Waals surface area contributed by atoms with E-state index in [-0.39, 0.29) is 40.9 Å². The summed E-state index contributed by atoms with van der Waals surface area (Å²) in [5.74, 6) is 0.200. The smallest absolute Gasteiger partial charge is 0.335 e. The number of aromatic amines is 1. The second kappa shape index (κ2) is 8.39. The normalized spacial score (nSPS) is 20.5. The van der Waals surface area contributed by atoms with Gasteiger partial charge in [-0.05, 0) is 26.2 Å². The molecule has 142 valence electrons. The highest BCUT2D eigenvalue weighted by Crippen LogP contribution is 2.23. The maximum Gasteiger partial charge on any atom is 0.343 e. The molecule has 2 rings (SSSR count). The van der Waals surface area contributed by atoms with Gasteiger partial charge in [-0.25, -0.2) is 18.3 Å². The molecule has 1 fully saturated rings. The number of aromatic nitrogens is 3. The Morgan fingerprint density at radius 1 is 1.48 bits per heavy atom. The molecule has 10 heteroatoms. The van der Waals surface area contributed by atoms with Crippen LogP contribution in [-0.4, -0.2) is 63.3 Å². The molecule has 0 spiro atoms. The maximum absolute atomic E-state index is 12.8. The number of thioether (sulfide) groups is 1. The first-order valence-electron chi connectivity index (χ1n) is 8.58. The number of nitrogens with one attached hydrogen (secondary N) is 1. The molecule has 0 saturated carbocycles. The monoisotopic (exact) mass is 390 g/mol. The summed E-state index contributed by atoms with van der Waals surface area (Å²) in [5.41, 5.74) is -0.280. The zero-order valence-corrected chi connectivity index (χ0v) is 16.5. The number of H-pyrrole nitrogens is 1. The SMILES string of the molecule is CCCn1c(SCC(=O)N([C@H]2CCS(=O)(=O)C2)[C@@H](C)CC)n[nH]c1=O. The Labute approximate surface area is 152 Å². The minimum Gasteiger partial charge on any atom is -0.335 e. The number of rotatable bonds is 8. The van der Waals surface area contributed by atoms with E-state index >= 15 is 0 Å². The first kappa shape index (κ1) is 20.0. The van der Waals surface area contributed by atoms with Crippen molar-refractivity contribution in [2.24, 2.45) is 0 Å². The van der Waals surface area contributed by atoms with E-state index in [1.54, 1.807) is 4.90 Å². The van der Waals surface area contributed by atoms with Crippen LogP contribution < -0.4 is 5.69 Å². The summed E-state index contributed by atoms with van der Waals surface area (Å²) in [4.78, 5) is 26.2. The topological polar surface area (TPSA) is 105 Å². The van der Waals surface area contributed by atoms with Crippen molar-refractivity contribution < 1.29 is 13.2 Å². The number of nitrogens with zero attached hydrogens (tertiary/aromatic N) is 3. The fourth-order valence-corrected chi connectivity index (χ4v) is 5.59. The molecule has 1 N–H and O–H groups in total. The molecular weight excluding hydrogens is 364 g/mol. The van der Waals surface area contributed by atoms with Crippen molar-refractivity contribution in [3.05, 3.63) is 10.5 Å². The third-order valence-corrected chi connectivity index (χ3v) is 7.16. The Hall–Kier alpha value is -1.29. The van der Waals surface area contributed by atoms with E-state index < -0.39 is 9.84 Å². The molecule has 0 aromatic carbocycles. The Bertz CT molecular complexity index is 756. The average molecular weight is 391 g/mol. The molecule has 2 heterocycles. The van der Waals surface area contributed by atoms with Crippen LogP contribution in [0.15, 0.2) is 9.95 Å². The van der Waals surface area contributed by atoms with Crippen LogP contribution >= 0.6 is 11.8 Å². The Balaban J connectivity index is 2.09. The van der Waals surface area contributed by atoms with E-state index in [0.717, 1.165) is 12.8 Å². The van der Waals surface area contributed by atoms with Gasteiger partial charge in [0.2, 0.25) is 5.91 Å². The van der Waals surface area contributed by atoms with Gasteiger partial charge in [-0.2, -0.15) is 0 Å². The second-order valence-electron chi connectivity index (χ2n) is 6.37. The van der Waals surface area contributed by atoms with Crippen LogP contribution in [0.25, 0.3) is 0 Å². The van der Waals surface area contributed by atoms with E-state index in [0.29, 0.717) is 18.1 Å². The fourth-order valence-electron chi connectivity index (χ4n) is 3.04. The molecule has 25 heavy (non-hydrogen) atoms. The van der Waals surface area contributed by atoms with Crippen molar-refractivity contribution in [3.8, 4) is 0 Å². The zero-order chi connectivity index (χ0) is 18.6. The van der Waals surface area contributed by atoms with Crippen molar-refractivity contribution in [1.82, 2.24) is 19.7 Å². The highest BCUT2D eigenvalue weighted by molar-refractivity contribution is 7.99. The summed E-state index contributed by atoms with van der Waals surface area (Å²) in [6.45, 7) is 6.43. The van der Waals surface area contributed by atoms with Crippen molar-refractivity contribution in [2.45, 2.75) is 63.8 Å². The van der Waals surface area contributed by atoms with Gasteiger partial charge in [0.1, 0.15) is 0 Å². The lowest BCUT2D eigenvalue weighted by atomic mass is 10.1. The lowest BCUT2D eigenvalue weighted by Gasteiger charge is -2.33. The van der Waals surface area contributed by atoms with Gasteiger partial charge in [-0.3, -0.25) is 9.36 Å². The standard InChI is InChI=1S/C15H26N4O4S2/c1-4-7-18-14(21)16-17-15(18)24-9-13(20)19(11(3)5-2)12-6-8-25(22,23)10-12/h11-12H,4-10H2,1-3H3,(H,16,21)/t11-,12-/m0/s1. The number of hydrogen-bond donors (Lipinski definition) is 1.